The van der Waals surface area contributed by atoms with Gasteiger partial charge in [0.25, 0.3) is 5.91 Å². The molecular weight excluding hydrogens is 477 g/mol. The van der Waals surface area contributed by atoms with Gasteiger partial charge in [0.15, 0.2) is 0 Å². The molecule has 0 spiro atoms. The predicted molar refractivity (Wildman–Crippen MR) is 125 cm³/mol. The van der Waals surface area contributed by atoms with Crippen molar-refractivity contribution in [2.24, 2.45) is 0 Å². The first kappa shape index (κ1) is 19.6. The van der Waals surface area contributed by atoms with Crippen LogP contribution in [0.25, 0.3) is 0 Å². The first-order chi connectivity index (χ1) is 14.1. The van der Waals surface area contributed by atoms with Crippen molar-refractivity contribution in [3.63, 3.8) is 0 Å². The smallest absolute Gasteiger partial charge is 0.255 e. The zero-order valence-electron chi connectivity index (χ0n) is 16.2. The number of hydrogen-bond acceptors (Lipinski definition) is 5. The highest BCUT2D eigenvalue weighted by Gasteiger charge is 2.15. The second-order valence-electron chi connectivity index (χ2n) is 7.05. The number of benzene rings is 2. The van der Waals surface area contributed by atoms with Crippen LogP contribution in [0.4, 0.5) is 23.1 Å². The van der Waals surface area contributed by atoms with Crippen molar-refractivity contribution in [3.05, 3.63) is 69.4 Å². The van der Waals surface area contributed by atoms with Gasteiger partial charge in [0.2, 0.25) is 5.95 Å². The Labute approximate surface area is 183 Å². The average molecular weight is 499 g/mol. The summed E-state index contributed by atoms with van der Waals surface area (Å²) in [5.41, 5.74) is 3.19. The zero-order chi connectivity index (χ0) is 20.2. The van der Waals surface area contributed by atoms with E-state index in [2.05, 4.69) is 48.1 Å². The maximum atomic E-state index is 12.4. The Hall–Kier alpha value is -2.68. The molecule has 0 radical (unpaired) electrons. The van der Waals surface area contributed by atoms with E-state index in [1.165, 1.54) is 12.8 Å². The van der Waals surface area contributed by atoms with E-state index in [-0.39, 0.29) is 5.91 Å². The lowest BCUT2D eigenvalue weighted by Gasteiger charge is -2.17. The molecule has 0 saturated carbocycles. The van der Waals surface area contributed by atoms with E-state index in [1.54, 1.807) is 6.07 Å². The van der Waals surface area contributed by atoms with Gasteiger partial charge >= 0.3 is 0 Å². The van der Waals surface area contributed by atoms with Gasteiger partial charge in [-0.2, -0.15) is 4.98 Å². The molecule has 0 unspecified atom stereocenters. The van der Waals surface area contributed by atoms with Crippen molar-refractivity contribution in [3.8, 4) is 0 Å². The van der Waals surface area contributed by atoms with Crippen molar-refractivity contribution in [2.75, 3.05) is 28.6 Å². The van der Waals surface area contributed by atoms with Gasteiger partial charge in [-0.25, -0.2) is 4.98 Å². The SMILES string of the molecule is Cc1cc(N2CCCC2)nc(Nc2ccc(NC(=O)c3cccc(I)c3)cc2)n1. The molecule has 148 valence electrons. The van der Waals surface area contributed by atoms with E-state index < -0.39 is 0 Å². The zero-order valence-corrected chi connectivity index (χ0v) is 18.3. The van der Waals surface area contributed by atoms with E-state index >= 15 is 0 Å². The first-order valence-corrected chi connectivity index (χ1v) is 10.7. The Morgan fingerprint density at radius 3 is 2.45 bits per heavy atom. The molecule has 3 aromatic rings. The number of nitrogens with zero attached hydrogens (tertiary/aromatic N) is 3. The fraction of sp³-hybridized carbons (Fsp3) is 0.227. The minimum atomic E-state index is -0.124. The average Bonchev–Trinajstić information content (AvgIpc) is 3.24. The maximum Gasteiger partial charge on any atom is 0.255 e. The van der Waals surface area contributed by atoms with Crippen LogP contribution in [-0.4, -0.2) is 29.0 Å². The molecule has 0 bridgehead atoms. The molecule has 2 aromatic carbocycles. The minimum absolute atomic E-state index is 0.124. The third kappa shape index (κ3) is 5.03. The maximum absolute atomic E-state index is 12.4. The Morgan fingerprint density at radius 1 is 1.00 bits per heavy atom. The van der Waals surface area contributed by atoms with Gasteiger partial charge < -0.3 is 15.5 Å². The van der Waals surface area contributed by atoms with Crippen molar-refractivity contribution in [2.45, 2.75) is 19.8 Å². The third-order valence-corrected chi connectivity index (χ3v) is 5.43. The molecule has 1 fully saturated rings. The molecule has 1 saturated heterocycles. The normalized spacial score (nSPS) is 13.4. The van der Waals surface area contributed by atoms with Crippen LogP contribution in [0.3, 0.4) is 0 Å². The molecule has 29 heavy (non-hydrogen) atoms. The topological polar surface area (TPSA) is 70.2 Å². The number of rotatable bonds is 5. The number of aromatic nitrogens is 2. The number of anilines is 4. The number of amides is 1. The minimum Gasteiger partial charge on any atom is -0.356 e. The number of carbonyl (C=O) groups is 1. The fourth-order valence-corrected chi connectivity index (χ4v) is 3.86. The van der Waals surface area contributed by atoms with Crippen molar-refractivity contribution in [1.29, 1.82) is 0 Å². The Morgan fingerprint density at radius 2 is 1.72 bits per heavy atom. The van der Waals surface area contributed by atoms with Gasteiger partial charge in [-0.15, -0.1) is 0 Å². The summed E-state index contributed by atoms with van der Waals surface area (Å²) in [6.45, 7) is 4.07. The van der Waals surface area contributed by atoms with E-state index in [4.69, 9.17) is 0 Å². The summed E-state index contributed by atoms with van der Waals surface area (Å²) in [7, 11) is 0. The lowest BCUT2D eigenvalue weighted by molar-refractivity contribution is 0.102. The van der Waals surface area contributed by atoms with E-state index in [9.17, 15) is 4.79 Å². The van der Waals surface area contributed by atoms with Gasteiger partial charge in [0, 0.05) is 45.4 Å². The van der Waals surface area contributed by atoms with Crippen LogP contribution in [0.15, 0.2) is 54.6 Å². The van der Waals surface area contributed by atoms with Gasteiger partial charge in [-0.1, -0.05) is 6.07 Å². The number of aryl methyl sites for hydroxylation is 1. The summed E-state index contributed by atoms with van der Waals surface area (Å²) in [6.07, 6.45) is 2.42. The van der Waals surface area contributed by atoms with Crippen LogP contribution < -0.4 is 15.5 Å². The van der Waals surface area contributed by atoms with E-state index in [1.807, 2.05) is 55.5 Å². The largest absolute Gasteiger partial charge is 0.356 e. The standard InChI is InChI=1S/C22H22IN5O/c1-15-13-20(28-11-2-3-12-28)27-22(24-15)26-19-9-7-18(8-10-19)25-21(29)16-5-4-6-17(23)14-16/h4-10,13-14H,2-3,11-12H2,1H3,(H,25,29)(H,24,26,27). The summed E-state index contributed by atoms with van der Waals surface area (Å²) in [5.74, 6) is 1.43. The van der Waals surface area contributed by atoms with Crippen LogP contribution in [0.2, 0.25) is 0 Å². The van der Waals surface area contributed by atoms with Gasteiger partial charge in [0.1, 0.15) is 5.82 Å². The van der Waals surface area contributed by atoms with E-state index in [0.717, 1.165) is 39.5 Å². The molecule has 6 nitrogen and oxygen atoms in total. The van der Waals surface area contributed by atoms with Crippen molar-refractivity contribution in [1.82, 2.24) is 9.97 Å². The molecule has 4 rings (SSSR count). The monoisotopic (exact) mass is 499 g/mol. The van der Waals surface area contributed by atoms with Gasteiger partial charge in [-0.05, 0) is 84.8 Å². The van der Waals surface area contributed by atoms with Crippen LogP contribution in [-0.2, 0) is 0 Å². The van der Waals surface area contributed by atoms with Crippen LogP contribution in [0.1, 0.15) is 28.9 Å². The molecule has 1 aliphatic rings. The summed E-state index contributed by atoms with van der Waals surface area (Å²) in [6, 6.07) is 17.1. The van der Waals surface area contributed by atoms with Crippen LogP contribution in [0.5, 0.6) is 0 Å². The third-order valence-electron chi connectivity index (χ3n) is 4.76. The Bertz CT molecular complexity index is 1020. The van der Waals surface area contributed by atoms with Crippen LogP contribution in [0, 0.1) is 10.5 Å². The summed E-state index contributed by atoms with van der Waals surface area (Å²) >= 11 is 2.20. The molecule has 0 atom stereocenters. The molecule has 1 amide bonds. The van der Waals surface area contributed by atoms with Crippen LogP contribution >= 0.6 is 22.6 Å². The predicted octanol–water partition coefficient (Wildman–Crippen LogP) is 4.99. The highest BCUT2D eigenvalue weighted by atomic mass is 127. The lowest BCUT2D eigenvalue weighted by Crippen LogP contribution is -2.19. The number of hydrogen-bond donors (Lipinski definition) is 2. The van der Waals surface area contributed by atoms with Gasteiger partial charge in [-0.3, -0.25) is 4.79 Å². The fourth-order valence-electron chi connectivity index (χ4n) is 3.32. The number of halogens is 1. The van der Waals surface area contributed by atoms with Crippen molar-refractivity contribution < 1.29 is 4.79 Å². The lowest BCUT2D eigenvalue weighted by atomic mass is 10.2. The second-order valence-corrected chi connectivity index (χ2v) is 8.30. The Balaban J connectivity index is 1.44. The number of nitrogens with one attached hydrogen (secondary N) is 2. The first-order valence-electron chi connectivity index (χ1n) is 9.61. The van der Waals surface area contributed by atoms with Crippen molar-refractivity contribution >= 4 is 51.6 Å². The summed E-state index contributed by atoms with van der Waals surface area (Å²) in [4.78, 5) is 23.8. The molecule has 1 aromatic heterocycles. The second kappa shape index (κ2) is 8.77. The highest BCUT2D eigenvalue weighted by molar-refractivity contribution is 14.1. The Kier molecular flexibility index (Phi) is 5.94. The number of carbonyl (C=O) groups excluding carboxylic acids is 1. The molecule has 7 heteroatoms. The molecule has 1 aliphatic heterocycles. The molecule has 0 aliphatic carbocycles. The molecular formula is C22H22IN5O. The quantitative estimate of drug-likeness (QED) is 0.485. The summed E-state index contributed by atoms with van der Waals surface area (Å²) in [5, 5.41) is 6.19. The van der Waals surface area contributed by atoms with E-state index in [0.29, 0.717) is 11.5 Å². The molecule has 2 N–H and O–H groups in total. The highest BCUT2D eigenvalue weighted by Crippen LogP contribution is 2.22. The van der Waals surface area contributed by atoms with Gasteiger partial charge in [0.05, 0.1) is 0 Å². The summed E-state index contributed by atoms with van der Waals surface area (Å²) < 4.78 is 1.03. The molecule has 2 heterocycles.